The summed E-state index contributed by atoms with van der Waals surface area (Å²) in [5, 5.41) is 12.7. The Morgan fingerprint density at radius 2 is 1.71 bits per heavy atom. The van der Waals surface area contributed by atoms with Crippen molar-refractivity contribution in [1.29, 1.82) is 0 Å². The van der Waals surface area contributed by atoms with Gasteiger partial charge >= 0.3 is 0 Å². The van der Waals surface area contributed by atoms with E-state index >= 15 is 0 Å². The molecule has 0 saturated carbocycles. The SMILES string of the molecule is CC(NC(CO)c1ccc(Cl)c(F)c1)c1ccc(F)cc1. The predicted molar refractivity (Wildman–Crippen MR) is 79.2 cm³/mol. The Morgan fingerprint density at radius 1 is 1.10 bits per heavy atom. The third-order valence-corrected chi connectivity index (χ3v) is 3.66. The van der Waals surface area contributed by atoms with E-state index in [-0.39, 0.29) is 23.5 Å². The molecule has 2 aromatic rings. The van der Waals surface area contributed by atoms with Crippen LogP contribution < -0.4 is 5.32 Å². The molecule has 0 saturated heterocycles. The summed E-state index contributed by atoms with van der Waals surface area (Å²) in [7, 11) is 0. The minimum absolute atomic E-state index is 0.0435. The summed E-state index contributed by atoms with van der Waals surface area (Å²) in [5.41, 5.74) is 1.48. The van der Waals surface area contributed by atoms with Crippen LogP contribution in [0.15, 0.2) is 42.5 Å². The molecule has 0 radical (unpaired) electrons. The maximum absolute atomic E-state index is 13.5. The van der Waals surface area contributed by atoms with Crippen molar-refractivity contribution in [2.24, 2.45) is 0 Å². The average Bonchev–Trinajstić information content (AvgIpc) is 2.48. The molecule has 2 atom stereocenters. The maximum atomic E-state index is 13.5. The topological polar surface area (TPSA) is 32.3 Å². The first-order chi connectivity index (χ1) is 10.0. The normalized spacial score (nSPS) is 14.0. The Morgan fingerprint density at radius 3 is 2.29 bits per heavy atom. The van der Waals surface area contributed by atoms with Crippen LogP contribution in [0.25, 0.3) is 0 Å². The van der Waals surface area contributed by atoms with Gasteiger partial charge in [0.15, 0.2) is 0 Å². The standard InChI is InChI=1S/C16H16ClF2NO/c1-10(11-2-5-13(18)6-3-11)20-16(9-21)12-4-7-14(17)15(19)8-12/h2-8,10,16,20-21H,9H2,1H3. The largest absolute Gasteiger partial charge is 0.394 e. The fourth-order valence-corrected chi connectivity index (χ4v) is 2.25. The molecule has 0 aliphatic rings. The Kier molecular flexibility index (Phi) is 5.28. The third kappa shape index (κ3) is 4.00. The molecule has 0 aromatic heterocycles. The molecule has 0 spiro atoms. The highest BCUT2D eigenvalue weighted by molar-refractivity contribution is 6.30. The zero-order valence-corrected chi connectivity index (χ0v) is 12.2. The van der Waals surface area contributed by atoms with E-state index in [4.69, 9.17) is 11.6 Å². The first kappa shape index (κ1) is 15.9. The van der Waals surface area contributed by atoms with Gasteiger partial charge in [0.05, 0.1) is 17.7 Å². The fourth-order valence-electron chi connectivity index (χ4n) is 2.13. The molecule has 0 aliphatic heterocycles. The molecule has 2 rings (SSSR count). The molecule has 2 N–H and O–H groups in total. The summed E-state index contributed by atoms with van der Waals surface area (Å²) in [6.07, 6.45) is 0. The summed E-state index contributed by atoms with van der Waals surface area (Å²) in [6.45, 7) is 1.70. The van der Waals surface area contributed by atoms with Gasteiger partial charge in [-0.15, -0.1) is 0 Å². The molecular formula is C16H16ClF2NO. The van der Waals surface area contributed by atoms with Gasteiger partial charge in [0.1, 0.15) is 11.6 Å². The van der Waals surface area contributed by atoms with Gasteiger partial charge in [-0.05, 0) is 42.3 Å². The first-order valence-electron chi connectivity index (χ1n) is 6.58. The molecule has 0 bridgehead atoms. The van der Waals surface area contributed by atoms with Crippen molar-refractivity contribution in [1.82, 2.24) is 5.32 Å². The van der Waals surface area contributed by atoms with E-state index < -0.39 is 11.9 Å². The summed E-state index contributed by atoms with van der Waals surface area (Å²) >= 11 is 5.65. The second-order valence-electron chi connectivity index (χ2n) is 4.85. The molecule has 0 amide bonds. The number of benzene rings is 2. The lowest BCUT2D eigenvalue weighted by Gasteiger charge is -2.22. The van der Waals surface area contributed by atoms with Gasteiger partial charge in [-0.3, -0.25) is 0 Å². The van der Waals surface area contributed by atoms with Crippen molar-refractivity contribution in [3.8, 4) is 0 Å². The van der Waals surface area contributed by atoms with Crippen molar-refractivity contribution in [3.63, 3.8) is 0 Å². The van der Waals surface area contributed by atoms with Gasteiger partial charge in [0.25, 0.3) is 0 Å². The lowest BCUT2D eigenvalue weighted by molar-refractivity contribution is 0.235. The first-order valence-corrected chi connectivity index (χ1v) is 6.96. The summed E-state index contributed by atoms with van der Waals surface area (Å²) < 4.78 is 26.4. The number of rotatable bonds is 5. The quantitative estimate of drug-likeness (QED) is 0.874. The Hall–Kier alpha value is -1.49. The zero-order chi connectivity index (χ0) is 15.4. The predicted octanol–water partition coefficient (Wildman–Crippen LogP) is 4.00. The molecule has 0 fully saturated rings. The highest BCUT2D eigenvalue weighted by atomic mass is 35.5. The minimum Gasteiger partial charge on any atom is -0.394 e. The number of aliphatic hydroxyl groups is 1. The summed E-state index contributed by atoms with van der Waals surface area (Å²) in [5.74, 6) is -0.826. The molecule has 112 valence electrons. The zero-order valence-electron chi connectivity index (χ0n) is 11.5. The van der Waals surface area contributed by atoms with Crippen LogP contribution in [0.3, 0.4) is 0 Å². The van der Waals surface area contributed by atoms with E-state index in [2.05, 4.69) is 5.32 Å². The minimum atomic E-state index is -0.524. The van der Waals surface area contributed by atoms with Crippen molar-refractivity contribution in [2.45, 2.75) is 19.0 Å². The number of halogens is 3. The van der Waals surface area contributed by atoms with Crippen molar-refractivity contribution >= 4 is 11.6 Å². The average molecular weight is 312 g/mol. The van der Waals surface area contributed by atoms with Gasteiger partial charge in [-0.1, -0.05) is 29.8 Å². The number of hydrogen-bond acceptors (Lipinski definition) is 2. The monoisotopic (exact) mass is 311 g/mol. The lowest BCUT2D eigenvalue weighted by Crippen LogP contribution is -2.27. The van der Waals surface area contributed by atoms with Crippen molar-refractivity contribution < 1.29 is 13.9 Å². The third-order valence-electron chi connectivity index (χ3n) is 3.35. The van der Waals surface area contributed by atoms with Gasteiger partial charge in [-0.25, -0.2) is 8.78 Å². The van der Waals surface area contributed by atoms with Crippen LogP contribution in [0.4, 0.5) is 8.78 Å². The maximum Gasteiger partial charge on any atom is 0.142 e. The molecule has 21 heavy (non-hydrogen) atoms. The Labute approximate surface area is 127 Å². The highest BCUT2D eigenvalue weighted by Crippen LogP contribution is 2.23. The molecule has 5 heteroatoms. The summed E-state index contributed by atoms with van der Waals surface area (Å²) in [4.78, 5) is 0. The molecule has 0 aliphatic carbocycles. The van der Waals surface area contributed by atoms with E-state index in [0.29, 0.717) is 5.56 Å². The van der Waals surface area contributed by atoms with E-state index in [1.54, 1.807) is 18.2 Å². The smallest absolute Gasteiger partial charge is 0.142 e. The molecule has 2 unspecified atom stereocenters. The van der Waals surface area contributed by atoms with Crippen LogP contribution in [-0.2, 0) is 0 Å². The van der Waals surface area contributed by atoms with E-state index in [1.807, 2.05) is 6.92 Å². The fraction of sp³-hybridized carbons (Fsp3) is 0.250. The van der Waals surface area contributed by atoms with E-state index in [9.17, 15) is 13.9 Å². The van der Waals surface area contributed by atoms with Crippen LogP contribution in [0.2, 0.25) is 5.02 Å². The number of hydrogen-bond donors (Lipinski definition) is 2. The molecule has 2 aromatic carbocycles. The molecular weight excluding hydrogens is 296 g/mol. The van der Waals surface area contributed by atoms with Crippen LogP contribution in [0.1, 0.15) is 30.1 Å². The Bertz CT molecular complexity index is 604. The Balaban J connectivity index is 2.14. The molecule has 2 nitrogen and oxygen atoms in total. The van der Waals surface area contributed by atoms with Crippen LogP contribution >= 0.6 is 11.6 Å². The second-order valence-corrected chi connectivity index (χ2v) is 5.26. The lowest BCUT2D eigenvalue weighted by atomic mass is 10.0. The number of aliphatic hydroxyl groups excluding tert-OH is 1. The summed E-state index contributed by atoms with van der Waals surface area (Å²) in [6, 6.07) is 9.96. The van der Waals surface area contributed by atoms with Gasteiger partial charge < -0.3 is 10.4 Å². The number of nitrogens with one attached hydrogen (secondary N) is 1. The van der Waals surface area contributed by atoms with Crippen molar-refractivity contribution in [3.05, 3.63) is 70.2 Å². The molecule has 0 heterocycles. The van der Waals surface area contributed by atoms with E-state index in [0.717, 1.165) is 5.56 Å². The van der Waals surface area contributed by atoms with Crippen LogP contribution in [0, 0.1) is 11.6 Å². The van der Waals surface area contributed by atoms with Crippen molar-refractivity contribution in [2.75, 3.05) is 6.61 Å². The van der Waals surface area contributed by atoms with Gasteiger partial charge in [0.2, 0.25) is 0 Å². The van der Waals surface area contributed by atoms with Gasteiger partial charge in [0, 0.05) is 6.04 Å². The highest BCUT2D eigenvalue weighted by Gasteiger charge is 2.16. The van der Waals surface area contributed by atoms with Gasteiger partial charge in [-0.2, -0.15) is 0 Å². The van der Waals surface area contributed by atoms with Crippen LogP contribution in [0.5, 0.6) is 0 Å². The van der Waals surface area contributed by atoms with Crippen LogP contribution in [-0.4, -0.2) is 11.7 Å². The second kappa shape index (κ2) is 6.98. The van der Waals surface area contributed by atoms with E-state index in [1.165, 1.54) is 24.3 Å².